The van der Waals surface area contributed by atoms with Crippen molar-refractivity contribution < 1.29 is 18.9 Å². The first-order valence-electron chi connectivity index (χ1n) is 11.2. The van der Waals surface area contributed by atoms with Gasteiger partial charge in [-0.25, -0.2) is 4.98 Å². The van der Waals surface area contributed by atoms with Crippen molar-refractivity contribution in [2.45, 2.75) is 45.6 Å². The van der Waals surface area contributed by atoms with E-state index in [4.69, 9.17) is 4.74 Å². The second-order valence-corrected chi connectivity index (χ2v) is 10.8. The Morgan fingerprint density at radius 1 is 1.15 bits per heavy atom. The van der Waals surface area contributed by atoms with Crippen LogP contribution in [0.4, 0.5) is 5.69 Å². The molecular formula is C24H30N4O5S. The standard InChI is InChI=1S/C24H30N4O5S/c1-14(2)9-11-28-23-17(6-5-10-25-23)21(29)20(24(28)30)22-26-18-8-7-16(33-13-15(3)4)12-19(18)34(31,32)27-22/h5-8,10,12,14-15,29,31-32H,9,11,13H2,1-4H3,(H,26,27). The van der Waals surface area contributed by atoms with Gasteiger partial charge in [-0.15, -0.1) is 4.40 Å². The summed E-state index contributed by atoms with van der Waals surface area (Å²) in [5.74, 6) is 0.732. The van der Waals surface area contributed by atoms with Crippen LogP contribution in [0.15, 0.2) is 50.6 Å². The van der Waals surface area contributed by atoms with Crippen LogP contribution < -0.4 is 15.6 Å². The molecule has 0 aliphatic carbocycles. The summed E-state index contributed by atoms with van der Waals surface area (Å²) in [6.45, 7) is 9.02. The van der Waals surface area contributed by atoms with E-state index < -0.39 is 16.3 Å². The molecule has 1 aliphatic heterocycles. The predicted molar refractivity (Wildman–Crippen MR) is 135 cm³/mol. The second kappa shape index (κ2) is 9.28. The molecule has 0 spiro atoms. The van der Waals surface area contributed by atoms with Crippen molar-refractivity contribution in [1.82, 2.24) is 9.55 Å². The summed E-state index contributed by atoms with van der Waals surface area (Å²) < 4.78 is 33.0. The van der Waals surface area contributed by atoms with E-state index in [1.54, 1.807) is 30.5 Å². The van der Waals surface area contributed by atoms with E-state index in [9.17, 15) is 19.0 Å². The summed E-state index contributed by atoms with van der Waals surface area (Å²) >= 11 is 0. The van der Waals surface area contributed by atoms with Crippen LogP contribution in [-0.4, -0.2) is 36.2 Å². The molecule has 3 aromatic rings. The zero-order valence-corrected chi connectivity index (χ0v) is 20.5. The highest BCUT2D eigenvalue weighted by Gasteiger charge is 2.31. The topological polar surface area (TPSA) is 129 Å². The summed E-state index contributed by atoms with van der Waals surface area (Å²) in [6, 6.07) is 8.22. The molecule has 2 aromatic heterocycles. The molecule has 0 atom stereocenters. The number of nitrogens with one attached hydrogen (secondary N) is 1. The highest BCUT2D eigenvalue weighted by atomic mass is 32.3. The van der Waals surface area contributed by atoms with E-state index in [0.717, 1.165) is 6.42 Å². The van der Waals surface area contributed by atoms with E-state index >= 15 is 0 Å². The van der Waals surface area contributed by atoms with Gasteiger partial charge < -0.3 is 15.2 Å². The molecule has 4 rings (SSSR count). The average molecular weight is 487 g/mol. The minimum absolute atomic E-state index is 0.102. The minimum atomic E-state index is -3.66. The normalized spacial score (nSPS) is 15.7. The van der Waals surface area contributed by atoms with Crippen LogP contribution in [0.1, 0.15) is 39.7 Å². The third kappa shape index (κ3) is 4.61. The van der Waals surface area contributed by atoms with Gasteiger partial charge in [0.1, 0.15) is 27.6 Å². The lowest BCUT2D eigenvalue weighted by Gasteiger charge is -2.34. The Labute approximate surface area is 199 Å². The smallest absolute Gasteiger partial charge is 0.267 e. The Bertz CT molecular complexity index is 1320. The molecule has 0 fully saturated rings. The zero-order chi connectivity index (χ0) is 24.6. The number of pyridine rings is 2. The number of hydrogen-bond donors (Lipinski definition) is 4. The van der Waals surface area contributed by atoms with Crippen molar-refractivity contribution in [3.8, 4) is 11.5 Å². The Morgan fingerprint density at radius 2 is 1.91 bits per heavy atom. The van der Waals surface area contributed by atoms with Gasteiger partial charge in [-0.2, -0.15) is 0 Å². The Morgan fingerprint density at radius 3 is 2.62 bits per heavy atom. The maximum absolute atomic E-state index is 13.5. The fourth-order valence-electron chi connectivity index (χ4n) is 3.69. The van der Waals surface area contributed by atoms with Crippen LogP contribution in [0.25, 0.3) is 11.0 Å². The maximum atomic E-state index is 13.5. The lowest BCUT2D eigenvalue weighted by Crippen LogP contribution is -2.32. The highest BCUT2D eigenvalue weighted by molar-refractivity contribution is 8.23. The number of anilines is 1. The SMILES string of the molecule is CC(C)CCn1c(=O)c(C2=NS(O)(O)c3cc(OCC(C)C)ccc3N2)c(O)c2cccnc21. The van der Waals surface area contributed by atoms with Gasteiger partial charge in [0, 0.05) is 18.8 Å². The van der Waals surface area contributed by atoms with E-state index in [1.165, 1.54) is 10.6 Å². The molecule has 0 saturated carbocycles. The molecule has 0 amide bonds. The quantitative estimate of drug-likeness (QED) is 0.366. The van der Waals surface area contributed by atoms with Gasteiger partial charge in [-0.05, 0) is 42.5 Å². The van der Waals surface area contributed by atoms with E-state index in [0.29, 0.717) is 47.5 Å². The molecule has 10 heteroatoms. The minimum Gasteiger partial charge on any atom is -0.506 e. The van der Waals surface area contributed by atoms with Gasteiger partial charge in [0.15, 0.2) is 5.84 Å². The number of aromatic nitrogens is 2. The molecule has 4 N–H and O–H groups in total. The zero-order valence-electron chi connectivity index (χ0n) is 19.6. The van der Waals surface area contributed by atoms with E-state index in [-0.39, 0.29) is 22.0 Å². The van der Waals surface area contributed by atoms with Gasteiger partial charge in [0.05, 0.1) is 17.7 Å². The molecule has 0 radical (unpaired) electrons. The molecule has 0 bridgehead atoms. The van der Waals surface area contributed by atoms with Gasteiger partial charge in [-0.3, -0.25) is 18.5 Å². The van der Waals surface area contributed by atoms with Gasteiger partial charge in [0.2, 0.25) is 0 Å². The monoisotopic (exact) mass is 486 g/mol. The van der Waals surface area contributed by atoms with Crippen LogP contribution in [0, 0.1) is 11.8 Å². The van der Waals surface area contributed by atoms with Crippen LogP contribution >= 0.6 is 10.8 Å². The van der Waals surface area contributed by atoms with Crippen molar-refractivity contribution in [3.63, 3.8) is 0 Å². The Balaban J connectivity index is 1.82. The lowest BCUT2D eigenvalue weighted by molar-refractivity contribution is 0.270. The van der Waals surface area contributed by atoms with Crippen molar-refractivity contribution in [3.05, 3.63) is 52.4 Å². The number of ether oxygens (including phenoxy) is 1. The maximum Gasteiger partial charge on any atom is 0.267 e. The number of aromatic hydroxyl groups is 1. The number of hydrogen-bond acceptors (Lipinski definition) is 8. The fraction of sp³-hybridized carbons (Fsp3) is 0.375. The third-order valence-corrected chi connectivity index (χ3v) is 6.83. The van der Waals surface area contributed by atoms with Crippen LogP contribution in [0.2, 0.25) is 0 Å². The van der Waals surface area contributed by atoms with Crippen LogP contribution in [-0.2, 0) is 6.54 Å². The third-order valence-electron chi connectivity index (χ3n) is 5.46. The molecule has 0 saturated heterocycles. The largest absolute Gasteiger partial charge is 0.506 e. The molecule has 1 aromatic carbocycles. The first kappa shape index (κ1) is 24.1. The fourth-order valence-corrected chi connectivity index (χ4v) is 4.87. The molecule has 0 unspecified atom stereocenters. The molecule has 9 nitrogen and oxygen atoms in total. The number of benzene rings is 1. The molecule has 182 valence electrons. The van der Waals surface area contributed by atoms with E-state index in [2.05, 4.69) is 28.5 Å². The Hall–Kier alpha value is -3.08. The van der Waals surface area contributed by atoms with Gasteiger partial charge in [-0.1, -0.05) is 38.5 Å². The average Bonchev–Trinajstić information content (AvgIpc) is 2.77. The molecule has 1 aliphatic rings. The number of nitrogens with zero attached hydrogens (tertiary/aromatic N) is 3. The second-order valence-electron chi connectivity index (χ2n) is 9.18. The summed E-state index contributed by atoms with van der Waals surface area (Å²) in [7, 11) is -3.66. The van der Waals surface area contributed by atoms with Crippen molar-refractivity contribution in [1.29, 1.82) is 0 Å². The lowest BCUT2D eigenvalue weighted by atomic mass is 10.1. The van der Waals surface area contributed by atoms with Gasteiger partial charge >= 0.3 is 0 Å². The summed E-state index contributed by atoms with van der Waals surface area (Å²) in [5, 5.41) is 14.4. The van der Waals surface area contributed by atoms with Crippen molar-refractivity contribution >= 4 is 33.3 Å². The number of fused-ring (bicyclic) bond motifs is 2. The van der Waals surface area contributed by atoms with Crippen LogP contribution in [0.5, 0.6) is 11.5 Å². The summed E-state index contributed by atoms with van der Waals surface area (Å²) in [5.41, 5.74) is 0.103. The van der Waals surface area contributed by atoms with Crippen LogP contribution in [0.3, 0.4) is 0 Å². The summed E-state index contributed by atoms with van der Waals surface area (Å²) in [4.78, 5) is 18.0. The van der Waals surface area contributed by atoms with Crippen molar-refractivity contribution in [2.24, 2.45) is 16.2 Å². The number of amidine groups is 1. The first-order valence-corrected chi connectivity index (χ1v) is 12.7. The highest BCUT2D eigenvalue weighted by Crippen LogP contribution is 2.56. The molecule has 34 heavy (non-hydrogen) atoms. The van der Waals surface area contributed by atoms with E-state index in [1.807, 2.05) is 13.8 Å². The summed E-state index contributed by atoms with van der Waals surface area (Å²) in [6.07, 6.45) is 2.29. The first-order chi connectivity index (χ1) is 16.1. The molecular weight excluding hydrogens is 456 g/mol. The number of aryl methyl sites for hydroxylation is 1. The van der Waals surface area contributed by atoms with Gasteiger partial charge in [0.25, 0.3) is 5.56 Å². The predicted octanol–water partition coefficient (Wildman–Crippen LogP) is 5.08. The number of rotatable bonds is 7. The van der Waals surface area contributed by atoms with Crippen molar-refractivity contribution in [2.75, 3.05) is 11.9 Å². The Kier molecular flexibility index (Phi) is 6.57. The molecule has 3 heterocycles.